The van der Waals surface area contributed by atoms with Gasteiger partial charge in [0.15, 0.2) is 5.82 Å². The molecule has 0 spiro atoms. The minimum atomic E-state index is 0.483. The second-order valence-electron chi connectivity index (χ2n) is 4.66. The third-order valence-corrected chi connectivity index (χ3v) is 2.98. The lowest BCUT2D eigenvalue weighted by atomic mass is 10.0. The number of hydrogen-bond donors (Lipinski definition) is 1. The first-order valence-corrected chi connectivity index (χ1v) is 6.30. The molecule has 0 aliphatic carbocycles. The normalized spacial score (nSPS) is 10.9. The molecule has 0 fully saturated rings. The molecular formula is C14H19N3O2. The largest absolute Gasteiger partial charge is 0.398 e. The van der Waals surface area contributed by atoms with Gasteiger partial charge in [0.2, 0.25) is 0 Å². The number of nitrogens with zero attached hydrogens (tertiary/aromatic N) is 2. The van der Waals surface area contributed by atoms with Gasteiger partial charge in [-0.15, -0.1) is 0 Å². The number of nitrogen functional groups attached to an aromatic ring is 1. The summed E-state index contributed by atoms with van der Waals surface area (Å²) in [6.07, 6.45) is 1.61. The Kier molecular flexibility index (Phi) is 4.16. The van der Waals surface area contributed by atoms with Crippen LogP contribution in [0.1, 0.15) is 23.4 Å². The van der Waals surface area contributed by atoms with Crippen molar-refractivity contribution in [3.05, 3.63) is 29.1 Å². The van der Waals surface area contributed by atoms with E-state index in [4.69, 9.17) is 15.0 Å². The van der Waals surface area contributed by atoms with E-state index in [1.54, 1.807) is 7.11 Å². The molecule has 2 rings (SSSR count). The van der Waals surface area contributed by atoms with Crippen LogP contribution in [-0.2, 0) is 11.2 Å². The molecule has 19 heavy (non-hydrogen) atoms. The van der Waals surface area contributed by atoms with Gasteiger partial charge in [0.05, 0.1) is 5.56 Å². The van der Waals surface area contributed by atoms with Crippen LogP contribution in [0.5, 0.6) is 0 Å². The van der Waals surface area contributed by atoms with Gasteiger partial charge in [-0.25, -0.2) is 0 Å². The Morgan fingerprint density at radius 3 is 2.84 bits per heavy atom. The van der Waals surface area contributed by atoms with Crippen molar-refractivity contribution in [3.8, 4) is 11.5 Å². The summed E-state index contributed by atoms with van der Waals surface area (Å²) in [5.41, 5.74) is 9.72. The molecule has 0 amide bonds. The molecule has 0 aliphatic rings. The van der Waals surface area contributed by atoms with Gasteiger partial charge in [-0.3, -0.25) is 0 Å². The first-order chi connectivity index (χ1) is 9.11. The number of methoxy groups -OCH3 is 1. The van der Waals surface area contributed by atoms with E-state index < -0.39 is 0 Å². The van der Waals surface area contributed by atoms with Crippen LogP contribution >= 0.6 is 0 Å². The maximum atomic E-state index is 6.07. The molecule has 1 heterocycles. The Morgan fingerprint density at radius 2 is 2.11 bits per heavy atom. The number of ether oxygens (including phenoxy) is 1. The fraction of sp³-hybridized carbons (Fsp3) is 0.429. The summed E-state index contributed by atoms with van der Waals surface area (Å²) in [5.74, 6) is 1.17. The molecule has 1 aromatic heterocycles. The molecule has 0 aliphatic heterocycles. The molecular weight excluding hydrogens is 242 g/mol. The van der Waals surface area contributed by atoms with Crippen molar-refractivity contribution in [2.24, 2.45) is 0 Å². The quantitative estimate of drug-likeness (QED) is 0.661. The number of hydrogen-bond acceptors (Lipinski definition) is 5. The lowest BCUT2D eigenvalue weighted by molar-refractivity contribution is 0.194. The zero-order valence-electron chi connectivity index (χ0n) is 11.6. The summed E-state index contributed by atoms with van der Waals surface area (Å²) in [5, 5.41) is 3.97. The number of benzene rings is 1. The van der Waals surface area contributed by atoms with Crippen LogP contribution in [0.25, 0.3) is 11.5 Å². The SMILES string of the molecule is COCCCc1noc(-c2cc(C)cc(C)c2N)n1. The standard InChI is InChI=1S/C14H19N3O2/c1-9-7-10(2)13(15)11(8-9)14-16-12(17-19-14)5-4-6-18-3/h7-8H,4-6,15H2,1-3H3. The average Bonchev–Trinajstić information content (AvgIpc) is 2.83. The van der Waals surface area contributed by atoms with Gasteiger partial charge in [-0.1, -0.05) is 11.2 Å². The molecule has 0 bridgehead atoms. The predicted octanol–water partition coefficient (Wildman–Crippen LogP) is 2.51. The van der Waals surface area contributed by atoms with Crippen molar-refractivity contribution in [1.82, 2.24) is 10.1 Å². The fourth-order valence-electron chi connectivity index (χ4n) is 2.00. The smallest absolute Gasteiger partial charge is 0.260 e. The number of aromatic nitrogens is 2. The molecule has 0 saturated carbocycles. The van der Waals surface area contributed by atoms with Crippen molar-refractivity contribution in [2.75, 3.05) is 19.5 Å². The Morgan fingerprint density at radius 1 is 1.32 bits per heavy atom. The van der Waals surface area contributed by atoms with Gasteiger partial charge in [-0.2, -0.15) is 4.98 Å². The first kappa shape index (κ1) is 13.5. The molecule has 0 unspecified atom stereocenters. The second kappa shape index (κ2) is 5.84. The molecule has 2 aromatic rings. The van der Waals surface area contributed by atoms with Gasteiger partial charge in [0.25, 0.3) is 5.89 Å². The highest BCUT2D eigenvalue weighted by Crippen LogP contribution is 2.28. The molecule has 102 valence electrons. The van der Waals surface area contributed by atoms with Crippen molar-refractivity contribution in [1.29, 1.82) is 0 Å². The maximum Gasteiger partial charge on any atom is 0.260 e. The summed E-state index contributed by atoms with van der Waals surface area (Å²) >= 11 is 0. The molecule has 5 heteroatoms. The topological polar surface area (TPSA) is 74.2 Å². The summed E-state index contributed by atoms with van der Waals surface area (Å²) in [7, 11) is 1.68. The second-order valence-corrected chi connectivity index (χ2v) is 4.66. The van der Waals surface area contributed by atoms with Crippen molar-refractivity contribution in [2.45, 2.75) is 26.7 Å². The summed E-state index contributed by atoms with van der Waals surface area (Å²) in [6, 6.07) is 4.00. The molecule has 0 radical (unpaired) electrons. The summed E-state index contributed by atoms with van der Waals surface area (Å²) in [6.45, 7) is 4.68. The van der Waals surface area contributed by atoms with Gasteiger partial charge >= 0.3 is 0 Å². The number of anilines is 1. The Hall–Kier alpha value is -1.88. The van der Waals surface area contributed by atoms with Crippen LogP contribution in [0.3, 0.4) is 0 Å². The highest BCUT2D eigenvalue weighted by molar-refractivity contribution is 5.74. The third-order valence-electron chi connectivity index (χ3n) is 2.98. The molecule has 2 N–H and O–H groups in total. The van der Waals surface area contributed by atoms with E-state index in [0.29, 0.717) is 24.0 Å². The van der Waals surface area contributed by atoms with Gasteiger partial charge in [0, 0.05) is 25.8 Å². The van der Waals surface area contributed by atoms with Crippen LogP contribution < -0.4 is 5.73 Å². The third kappa shape index (κ3) is 3.12. The minimum Gasteiger partial charge on any atom is -0.398 e. The molecule has 0 saturated heterocycles. The van der Waals surface area contributed by atoms with Crippen molar-refractivity contribution < 1.29 is 9.26 Å². The van der Waals surface area contributed by atoms with Gasteiger partial charge < -0.3 is 15.0 Å². The van der Waals surface area contributed by atoms with E-state index in [0.717, 1.165) is 29.5 Å². The highest BCUT2D eigenvalue weighted by Gasteiger charge is 2.13. The monoisotopic (exact) mass is 261 g/mol. The molecule has 1 aromatic carbocycles. The maximum absolute atomic E-state index is 6.07. The summed E-state index contributed by atoms with van der Waals surface area (Å²) in [4.78, 5) is 4.38. The van der Waals surface area contributed by atoms with E-state index in [1.165, 1.54) is 0 Å². The molecule has 0 atom stereocenters. The fourth-order valence-corrected chi connectivity index (χ4v) is 2.00. The van der Waals surface area contributed by atoms with Crippen LogP contribution in [0.4, 0.5) is 5.69 Å². The Bertz CT molecular complexity index is 564. The first-order valence-electron chi connectivity index (χ1n) is 6.30. The van der Waals surface area contributed by atoms with E-state index in [9.17, 15) is 0 Å². The predicted molar refractivity (Wildman–Crippen MR) is 73.8 cm³/mol. The van der Waals surface area contributed by atoms with Gasteiger partial charge in [-0.05, 0) is 37.5 Å². The van der Waals surface area contributed by atoms with Crippen LogP contribution in [-0.4, -0.2) is 23.9 Å². The Labute approximate surface area is 112 Å². The van der Waals surface area contributed by atoms with E-state index in [1.807, 2.05) is 26.0 Å². The Balaban J connectivity index is 2.23. The van der Waals surface area contributed by atoms with Crippen LogP contribution in [0, 0.1) is 13.8 Å². The van der Waals surface area contributed by atoms with Crippen molar-refractivity contribution >= 4 is 5.69 Å². The average molecular weight is 261 g/mol. The van der Waals surface area contributed by atoms with E-state index in [2.05, 4.69) is 10.1 Å². The highest BCUT2D eigenvalue weighted by atomic mass is 16.5. The lowest BCUT2D eigenvalue weighted by Crippen LogP contribution is -1.96. The van der Waals surface area contributed by atoms with Crippen molar-refractivity contribution in [3.63, 3.8) is 0 Å². The van der Waals surface area contributed by atoms with Gasteiger partial charge in [0.1, 0.15) is 0 Å². The number of aryl methyl sites for hydroxylation is 3. The van der Waals surface area contributed by atoms with E-state index >= 15 is 0 Å². The number of rotatable bonds is 5. The van der Waals surface area contributed by atoms with Crippen LogP contribution in [0.15, 0.2) is 16.7 Å². The lowest BCUT2D eigenvalue weighted by Gasteiger charge is -2.06. The zero-order valence-corrected chi connectivity index (χ0v) is 11.6. The summed E-state index contributed by atoms with van der Waals surface area (Å²) < 4.78 is 10.3. The molecule has 5 nitrogen and oxygen atoms in total. The zero-order chi connectivity index (χ0) is 13.8. The number of nitrogens with two attached hydrogens (primary N) is 1. The minimum absolute atomic E-state index is 0.483. The van der Waals surface area contributed by atoms with Crippen LogP contribution in [0.2, 0.25) is 0 Å². The van der Waals surface area contributed by atoms with E-state index in [-0.39, 0.29) is 0 Å².